The van der Waals surface area contributed by atoms with Gasteiger partial charge in [-0.1, -0.05) is 36.5 Å². The van der Waals surface area contributed by atoms with E-state index in [4.69, 9.17) is 30.8 Å². The van der Waals surface area contributed by atoms with Gasteiger partial charge >= 0.3 is 5.76 Å². The summed E-state index contributed by atoms with van der Waals surface area (Å²) in [5, 5.41) is 4.38. The fourth-order valence-corrected chi connectivity index (χ4v) is 5.71. The number of pyridine rings is 2. The van der Waals surface area contributed by atoms with Crippen molar-refractivity contribution in [3.05, 3.63) is 40.1 Å². The van der Waals surface area contributed by atoms with Crippen LogP contribution >= 0.6 is 11.6 Å². The summed E-state index contributed by atoms with van der Waals surface area (Å²) >= 11 is 6.35. The lowest BCUT2D eigenvalue weighted by molar-refractivity contribution is 0.0976. The molecule has 1 atom stereocenters. The van der Waals surface area contributed by atoms with E-state index < -0.39 is 5.76 Å². The smallest absolute Gasteiger partial charge is 0.377 e. The van der Waals surface area contributed by atoms with Gasteiger partial charge in [-0.3, -0.25) is 14.5 Å². The Kier molecular flexibility index (Phi) is 6.46. The van der Waals surface area contributed by atoms with Crippen LogP contribution in [0.25, 0.3) is 33.8 Å². The van der Waals surface area contributed by atoms with Gasteiger partial charge in [-0.2, -0.15) is 0 Å². The summed E-state index contributed by atoms with van der Waals surface area (Å²) in [5.74, 6) is 1.85. The Morgan fingerprint density at radius 1 is 1.14 bits per heavy atom. The number of H-pyrrole nitrogens is 1. The van der Waals surface area contributed by atoms with Crippen molar-refractivity contribution < 1.29 is 9.26 Å². The van der Waals surface area contributed by atoms with Crippen molar-refractivity contribution in [1.82, 2.24) is 29.7 Å². The Labute approximate surface area is 219 Å². The average molecular weight is 524 g/mol. The number of rotatable bonds is 5. The highest BCUT2D eigenvalue weighted by Gasteiger charge is 2.29. The van der Waals surface area contributed by atoms with Gasteiger partial charge in [-0.15, -0.1) is 0 Å². The highest BCUT2D eigenvalue weighted by molar-refractivity contribution is 6.30. The van der Waals surface area contributed by atoms with Crippen LogP contribution < -0.4 is 10.7 Å². The van der Waals surface area contributed by atoms with Gasteiger partial charge in [0.05, 0.1) is 41.0 Å². The van der Waals surface area contributed by atoms with E-state index in [1.54, 1.807) is 12.4 Å². The van der Waals surface area contributed by atoms with E-state index in [0.717, 1.165) is 41.6 Å². The van der Waals surface area contributed by atoms with E-state index >= 15 is 0 Å². The number of anilines is 1. The second-order valence-electron chi connectivity index (χ2n) is 10.3. The predicted molar refractivity (Wildman–Crippen MR) is 141 cm³/mol. The maximum absolute atomic E-state index is 11.7. The molecule has 2 aliphatic rings. The van der Waals surface area contributed by atoms with Crippen LogP contribution in [0.5, 0.6) is 0 Å². The fourth-order valence-electron chi connectivity index (χ4n) is 5.53. The lowest BCUT2D eigenvalue weighted by atomic mass is 9.83. The molecule has 1 saturated heterocycles. The van der Waals surface area contributed by atoms with Crippen LogP contribution in [0.15, 0.2) is 33.8 Å². The van der Waals surface area contributed by atoms with Gasteiger partial charge in [0.1, 0.15) is 5.69 Å². The van der Waals surface area contributed by atoms with Gasteiger partial charge in [-0.05, 0) is 43.7 Å². The number of morpholine rings is 1. The molecule has 4 aromatic rings. The van der Waals surface area contributed by atoms with E-state index in [9.17, 15) is 4.79 Å². The van der Waals surface area contributed by atoms with Crippen molar-refractivity contribution in [2.75, 3.05) is 24.7 Å². The van der Waals surface area contributed by atoms with E-state index in [0.29, 0.717) is 35.5 Å². The van der Waals surface area contributed by atoms with E-state index in [2.05, 4.69) is 38.4 Å². The third kappa shape index (κ3) is 4.75. The first-order valence-corrected chi connectivity index (χ1v) is 13.3. The summed E-state index contributed by atoms with van der Waals surface area (Å²) in [7, 11) is 0. The molecule has 10 nitrogen and oxygen atoms in total. The van der Waals surface area contributed by atoms with Crippen molar-refractivity contribution in [2.45, 2.75) is 52.1 Å². The van der Waals surface area contributed by atoms with E-state index in [1.807, 2.05) is 12.1 Å². The molecular formula is C26H30ClN7O3. The molecular weight excluding hydrogens is 494 g/mol. The number of hydrogen-bond donors (Lipinski definition) is 1. The second kappa shape index (κ2) is 9.90. The summed E-state index contributed by atoms with van der Waals surface area (Å²) in [6.45, 7) is 7.43. The summed E-state index contributed by atoms with van der Waals surface area (Å²) < 4.78 is 12.8. The molecule has 1 N–H and O–H groups in total. The Morgan fingerprint density at radius 2 is 1.97 bits per heavy atom. The molecule has 2 fully saturated rings. The molecule has 194 valence electrons. The molecule has 0 amide bonds. The van der Waals surface area contributed by atoms with Crippen molar-refractivity contribution in [3.8, 4) is 22.8 Å². The maximum atomic E-state index is 11.7. The number of aromatic amines is 1. The lowest BCUT2D eigenvalue weighted by Crippen LogP contribution is -2.45. The zero-order valence-corrected chi connectivity index (χ0v) is 21.7. The van der Waals surface area contributed by atoms with Gasteiger partial charge in [0, 0.05) is 31.0 Å². The van der Waals surface area contributed by atoms with Gasteiger partial charge in [0.25, 0.3) is 0 Å². The number of halogens is 1. The molecule has 5 heterocycles. The van der Waals surface area contributed by atoms with Gasteiger partial charge in [0.2, 0.25) is 11.8 Å². The van der Waals surface area contributed by atoms with Crippen LogP contribution in [0, 0.1) is 11.8 Å². The minimum absolute atomic E-state index is 0.186. The second-order valence-corrected chi connectivity index (χ2v) is 10.8. The van der Waals surface area contributed by atoms with E-state index in [1.165, 1.54) is 25.7 Å². The fraction of sp³-hybridized carbons (Fsp3) is 0.500. The van der Waals surface area contributed by atoms with Crippen molar-refractivity contribution in [2.24, 2.45) is 11.8 Å². The average Bonchev–Trinajstić information content (AvgIpc) is 3.49. The number of aromatic nitrogens is 6. The molecule has 6 rings (SSSR count). The third-order valence-corrected chi connectivity index (χ3v) is 7.77. The van der Waals surface area contributed by atoms with Crippen LogP contribution in [-0.4, -0.2) is 55.5 Å². The quantitative estimate of drug-likeness (QED) is 0.405. The van der Waals surface area contributed by atoms with Crippen LogP contribution in [-0.2, 0) is 11.3 Å². The number of ether oxygens (including phenoxy) is 1. The molecule has 1 aliphatic carbocycles. The molecule has 0 bridgehead atoms. The largest absolute Gasteiger partial charge is 0.439 e. The number of fused-ring (bicyclic) bond motifs is 1. The van der Waals surface area contributed by atoms with Gasteiger partial charge < -0.3 is 14.2 Å². The highest BCUT2D eigenvalue weighted by Crippen LogP contribution is 2.37. The number of nitrogens with zero attached hydrogens (tertiary/aromatic N) is 6. The van der Waals surface area contributed by atoms with Crippen molar-refractivity contribution >= 4 is 28.6 Å². The predicted octanol–water partition coefficient (Wildman–Crippen LogP) is 4.54. The van der Waals surface area contributed by atoms with Crippen molar-refractivity contribution in [3.63, 3.8) is 0 Å². The molecule has 37 heavy (non-hydrogen) atoms. The topological polar surface area (TPSA) is 115 Å². The normalized spacial score (nSPS) is 22.6. The van der Waals surface area contributed by atoms with E-state index in [-0.39, 0.29) is 11.9 Å². The summed E-state index contributed by atoms with van der Waals surface area (Å²) in [4.78, 5) is 31.0. The van der Waals surface area contributed by atoms with Crippen LogP contribution in [0.1, 0.15) is 39.5 Å². The first-order valence-electron chi connectivity index (χ1n) is 12.9. The van der Waals surface area contributed by atoms with Crippen LogP contribution in [0.3, 0.4) is 0 Å². The zero-order valence-electron chi connectivity index (χ0n) is 21.0. The molecule has 0 aromatic carbocycles. The summed E-state index contributed by atoms with van der Waals surface area (Å²) in [6.07, 6.45) is 8.22. The molecule has 0 spiro atoms. The Balaban J connectivity index is 1.58. The summed E-state index contributed by atoms with van der Waals surface area (Å²) in [6, 6.07) is 3.90. The van der Waals surface area contributed by atoms with Crippen LogP contribution in [0.2, 0.25) is 5.02 Å². The molecule has 0 radical (unpaired) electrons. The Hall–Kier alpha value is -3.24. The highest BCUT2D eigenvalue weighted by atomic mass is 35.5. The minimum Gasteiger partial charge on any atom is -0.377 e. The zero-order chi connectivity index (χ0) is 25.5. The molecule has 1 unspecified atom stereocenters. The first kappa shape index (κ1) is 24.1. The monoisotopic (exact) mass is 523 g/mol. The van der Waals surface area contributed by atoms with Gasteiger partial charge in [-0.25, -0.2) is 14.8 Å². The molecule has 4 aromatic heterocycles. The third-order valence-electron chi connectivity index (χ3n) is 7.57. The maximum Gasteiger partial charge on any atom is 0.439 e. The van der Waals surface area contributed by atoms with Gasteiger partial charge in [0.15, 0.2) is 0 Å². The SMILES string of the molecule is CC1CCC(Cn2c(N3CCOCC3C)nc3cc(-c4noc(=O)[nH]4)nc(-c4cncc(Cl)c4)c32)CC1. The first-order chi connectivity index (χ1) is 18.0. The molecule has 1 saturated carbocycles. The Bertz CT molecular complexity index is 1470. The minimum atomic E-state index is -0.636. The lowest BCUT2D eigenvalue weighted by Gasteiger charge is -2.35. The summed E-state index contributed by atoms with van der Waals surface area (Å²) in [5.41, 5.74) is 3.61. The number of imidazole rings is 1. The molecule has 11 heteroatoms. The Morgan fingerprint density at radius 3 is 2.70 bits per heavy atom. The number of hydrogen-bond acceptors (Lipinski definition) is 8. The number of nitrogens with one attached hydrogen (secondary N) is 1. The molecule has 1 aliphatic heterocycles. The standard InChI is InChI=1S/C26H30ClN7O3/c1-15-3-5-17(6-4-15)13-34-23-20(30-25(34)33-7-8-36-14-16(33)2)10-21(24-31-26(35)37-32-24)29-22(23)18-9-19(27)12-28-11-18/h9-12,15-17H,3-8,13-14H2,1-2H3,(H,31,32,35). The van der Waals surface area contributed by atoms with Crippen molar-refractivity contribution in [1.29, 1.82) is 0 Å². The van der Waals surface area contributed by atoms with Crippen LogP contribution in [0.4, 0.5) is 5.95 Å².